The normalized spacial score (nSPS) is 10.9. The molecule has 4 rings (SSSR count). The van der Waals surface area contributed by atoms with E-state index < -0.39 is 16.6 Å². The molecule has 10 nitrogen and oxygen atoms in total. The lowest BCUT2D eigenvalue weighted by molar-refractivity contribution is -0.387. The Morgan fingerprint density at radius 1 is 1.27 bits per heavy atom. The average Bonchev–Trinajstić information content (AvgIpc) is 3.40. The molecule has 168 valence electrons. The van der Waals surface area contributed by atoms with Crippen molar-refractivity contribution < 1.29 is 14.1 Å². The van der Waals surface area contributed by atoms with Gasteiger partial charge in [0.2, 0.25) is 0 Å². The lowest BCUT2D eigenvalue weighted by atomic mass is 10.1. The highest BCUT2D eigenvalue weighted by molar-refractivity contribution is 7.99. The van der Waals surface area contributed by atoms with Crippen molar-refractivity contribution in [3.63, 3.8) is 0 Å². The van der Waals surface area contributed by atoms with Crippen LogP contribution in [0.4, 0.5) is 10.1 Å². The summed E-state index contributed by atoms with van der Waals surface area (Å²) >= 11 is 1.08. The number of hydrogen-bond acceptors (Lipinski definition) is 7. The van der Waals surface area contributed by atoms with Crippen molar-refractivity contribution in [1.29, 1.82) is 0 Å². The highest BCUT2D eigenvalue weighted by Gasteiger charge is 2.20. The highest BCUT2D eigenvalue weighted by Crippen LogP contribution is 2.34. The number of carbonyl (C=O) groups is 1. The van der Waals surface area contributed by atoms with Crippen LogP contribution < -0.4 is 5.32 Å². The number of nitro benzene ring substituents is 1. The van der Waals surface area contributed by atoms with Gasteiger partial charge in [0, 0.05) is 37.6 Å². The van der Waals surface area contributed by atoms with E-state index in [2.05, 4.69) is 20.5 Å². The summed E-state index contributed by atoms with van der Waals surface area (Å²) in [5.41, 5.74) is 0.801. The van der Waals surface area contributed by atoms with Gasteiger partial charge in [0.25, 0.3) is 11.6 Å². The average molecular weight is 467 g/mol. The predicted molar refractivity (Wildman–Crippen MR) is 118 cm³/mol. The summed E-state index contributed by atoms with van der Waals surface area (Å²) in [5.74, 6) is -0.316. The summed E-state index contributed by atoms with van der Waals surface area (Å²) in [5, 5.41) is 22.3. The Hall–Kier alpha value is -4.06. The van der Waals surface area contributed by atoms with Gasteiger partial charge in [-0.25, -0.2) is 9.37 Å². The topological polar surface area (TPSA) is 121 Å². The number of nitrogens with zero attached hydrogens (tertiary/aromatic N) is 6. The number of nitrogens with one attached hydrogen (secondary N) is 1. The van der Waals surface area contributed by atoms with Gasteiger partial charge in [0.1, 0.15) is 18.0 Å². The number of aromatic nitrogens is 5. The van der Waals surface area contributed by atoms with E-state index in [1.54, 1.807) is 47.6 Å². The first-order valence-corrected chi connectivity index (χ1v) is 10.5. The molecule has 2 heterocycles. The summed E-state index contributed by atoms with van der Waals surface area (Å²) in [4.78, 5) is 28.0. The molecule has 0 aliphatic heterocycles. The molecule has 2 aromatic carbocycles. The van der Waals surface area contributed by atoms with E-state index in [1.165, 1.54) is 30.6 Å². The van der Waals surface area contributed by atoms with E-state index in [4.69, 9.17) is 0 Å². The Balaban J connectivity index is 1.48. The van der Waals surface area contributed by atoms with Gasteiger partial charge in [0.05, 0.1) is 15.5 Å². The third-order valence-electron chi connectivity index (χ3n) is 4.84. The summed E-state index contributed by atoms with van der Waals surface area (Å²) in [6.07, 6.45) is 4.73. The fourth-order valence-electron chi connectivity index (χ4n) is 3.12. The van der Waals surface area contributed by atoms with Gasteiger partial charge in [-0.1, -0.05) is 6.07 Å². The number of rotatable bonds is 7. The van der Waals surface area contributed by atoms with E-state index in [1.807, 2.05) is 0 Å². The summed E-state index contributed by atoms with van der Waals surface area (Å²) in [6.45, 7) is 1.83. The maximum Gasteiger partial charge on any atom is 0.284 e. The molecule has 0 spiro atoms. The first kappa shape index (κ1) is 22.1. The van der Waals surface area contributed by atoms with Crippen LogP contribution in [0.5, 0.6) is 0 Å². The van der Waals surface area contributed by atoms with Crippen LogP contribution in [0.3, 0.4) is 0 Å². The van der Waals surface area contributed by atoms with Crippen molar-refractivity contribution >= 4 is 23.4 Å². The first-order chi connectivity index (χ1) is 15.8. The molecule has 0 aliphatic carbocycles. The smallest absolute Gasteiger partial charge is 0.284 e. The van der Waals surface area contributed by atoms with Gasteiger partial charge in [-0.2, -0.15) is 0 Å². The van der Waals surface area contributed by atoms with Crippen LogP contribution in [0.2, 0.25) is 0 Å². The van der Waals surface area contributed by atoms with Gasteiger partial charge < -0.3 is 14.5 Å². The Labute approximate surface area is 191 Å². The van der Waals surface area contributed by atoms with Crippen molar-refractivity contribution in [2.75, 3.05) is 0 Å². The van der Waals surface area contributed by atoms with Crippen LogP contribution in [0.25, 0.3) is 5.69 Å². The molecule has 1 N–H and O–H groups in total. The second-order valence-corrected chi connectivity index (χ2v) is 8.09. The third kappa shape index (κ3) is 4.75. The molecule has 0 aliphatic rings. The molecule has 0 fully saturated rings. The number of benzene rings is 2. The lowest BCUT2D eigenvalue weighted by Crippen LogP contribution is -2.23. The summed E-state index contributed by atoms with van der Waals surface area (Å²) in [6, 6.07) is 8.83. The van der Waals surface area contributed by atoms with Crippen molar-refractivity contribution in [2.24, 2.45) is 7.05 Å². The molecule has 33 heavy (non-hydrogen) atoms. The van der Waals surface area contributed by atoms with Gasteiger partial charge in [-0.3, -0.25) is 14.9 Å². The van der Waals surface area contributed by atoms with E-state index in [0.29, 0.717) is 27.1 Å². The van der Waals surface area contributed by atoms with Crippen LogP contribution in [0.1, 0.15) is 21.7 Å². The monoisotopic (exact) mass is 467 g/mol. The summed E-state index contributed by atoms with van der Waals surface area (Å²) < 4.78 is 17.8. The van der Waals surface area contributed by atoms with Crippen molar-refractivity contribution in [1.82, 2.24) is 29.6 Å². The number of carbonyl (C=O) groups excluding carboxylic acids is 1. The Morgan fingerprint density at radius 3 is 2.73 bits per heavy atom. The zero-order valence-electron chi connectivity index (χ0n) is 17.6. The fourth-order valence-corrected chi connectivity index (χ4v) is 3.97. The maximum absolute atomic E-state index is 14.6. The first-order valence-electron chi connectivity index (χ1n) is 9.70. The number of nitro groups is 1. The molecule has 0 unspecified atom stereocenters. The Bertz CT molecular complexity index is 1350. The summed E-state index contributed by atoms with van der Waals surface area (Å²) in [7, 11) is 1.72. The molecule has 1 amide bonds. The quantitative estimate of drug-likeness (QED) is 0.326. The van der Waals surface area contributed by atoms with Gasteiger partial charge in [0.15, 0.2) is 5.16 Å². The van der Waals surface area contributed by atoms with E-state index in [9.17, 15) is 19.3 Å². The standard InChI is InChI=1S/C21H18FN7O3S/c1-13-23-7-8-28(13)17-5-3-14(9-16(17)22)11-24-20(30)15-4-6-19(18(10-15)29(31)32)33-21-26-25-12-27(21)2/h3-10,12H,11H2,1-2H3,(H,24,30). The second kappa shape index (κ2) is 9.20. The van der Waals surface area contributed by atoms with Crippen LogP contribution in [-0.4, -0.2) is 35.1 Å². The van der Waals surface area contributed by atoms with Gasteiger partial charge in [-0.15, -0.1) is 10.2 Å². The predicted octanol–water partition coefficient (Wildman–Crippen LogP) is 3.44. The highest BCUT2D eigenvalue weighted by atomic mass is 32.2. The minimum Gasteiger partial charge on any atom is -0.348 e. The molecular formula is C21H18FN7O3S. The number of amides is 1. The molecule has 2 aromatic heterocycles. The molecule has 4 aromatic rings. The third-order valence-corrected chi connectivity index (χ3v) is 5.96. The van der Waals surface area contributed by atoms with Gasteiger partial charge in [-0.05, 0) is 48.5 Å². The SMILES string of the molecule is Cc1nccn1-c1ccc(CNC(=O)c2ccc(Sc3nncn3C)c([N+](=O)[O-])c2)cc1F. The Kier molecular flexibility index (Phi) is 6.18. The van der Waals surface area contributed by atoms with Crippen molar-refractivity contribution in [2.45, 2.75) is 23.5 Å². The van der Waals surface area contributed by atoms with Crippen molar-refractivity contribution in [3.05, 3.63) is 88.0 Å². The fraction of sp³-hybridized carbons (Fsp3) is 0.143. The van der Waals surface area contributed by atoms with E-state index >= 15 is 0 Å². The van der Waals surface area contributed by atoms with Gasteiger partial charge >= 0.3 is 0 Å². The zero-order valence-corrected chi connectivity index (χ0v) is 18.4. The lowest BCUT2D eigenvalue weighted by Gasteiger charge is -2.10. The molecule has 0 radical (unpaired) electrons. The minimum atomic E-state index is -0.554. The van der Waals surface area contributed by atoms with Crippen LogP contribution in [-0.2, 0) is 13.6 Å². The molecular weight excluding hydrogens is 449 g/mol. The molecule has 0 saturated heterocycles. The molecule has 12 heteroatoms. The number of halogens is 1. The maximum atomic E-state index is 14.6. The van der Waals surface area contributed by atoms with E-state index in [-0.39, 0.29) is 17.8 Å². The van der Waals surface area contributed by atoms with E-state index in [0.717, 1.165) is 11.8 Å². The minimum absolute atomic E-state index is 0.0577. The Morgan fingerprint density at radius 2 is 2.09 bits per heavy atom. The van der Waals surface area contributed by atoms with Crippen molar-refractivity contribution in [3.8, 4) is 5.69 Å². The number of hydrogen-bond donors (Lipinski definition) is 1. The number of imidazole rings is 1. The number of aryl methyl sites for hydroxylation is 2. The molecule has 0 bridgehead atoms. The second-order valence-electron chi connectivity index (χ2n) is 7.08. The van der Waals surface area contributed by atoms with Crippen LogP contribution in [0, 0.1) is 22.9 Å². The van der Waals surface area contributed by atoms with Crippen LogP contribution in [0.15, 0.2) is 65.2 Å². The molecule has 0 saturated carbocycles. The zero-order chi connectivity index (χ0) is 23.5. The largest absolute Gasteiger partial charge is 0.348 e. The van der Waals surface area contributed by atoms with Crippen LogP contribution >= 0.6 is 11.8 Å². The molecule has 0 atom stereocenters.